The number of hydrogen-bond acceptors (Lipinski definition) is 2. The van der Waals surface area contributed by atoms with Crippen molar-refractivity contribution in [1.82, 2.24) is 5.32 Å². The van der Waals surface area contributed by atoms with Gasteiger partial charge in [0.25, 0.3) is 0 Å². The van der Waals surface area contributed by atoms with Gasteiger partial charge >= 0.3 is 0 Å². The Balaban J connectivity index is 1.83. The third-order valence-electron chi connectivity index (χ3n) is 3.44. The molecular formula is C14H17ClN2O2. The summed E-state index contributed by atoms with van der Waals surface area (Å²) in [4.78, 5) is 23.3. The second-order valence-corrected chi connectivity index (χ2v) is 5.21. The fraction of sp³-hybridized carbons (Fsp3) is 0.429. The van der Waals surface area contributed by atoms with Crippen LogP contribution in [0.2, 0.25) is 5.02 Å². The Labute approximate surface area is 117 Å². The van der Waals surface area contributed by atoms with E-state index in [2.05, 4.69) is 10.6 Å². The van der Waals surface area contributed by atoms with Crippen molar-refractivity contribution in [2.24, 2.45) is 5.92 Å². The van der Waals surface area contributed by atoms with Crippen molar-refractivity contribution in [3.05, 3.63) is 28.8 Å². The van der Waals surface area contributed by atoms with Crippen LogP contribution in [0, 0.1) is 12.8 Å². The zero-order valence-corrected chi connectivity index (χ0v) is 11.6. The Morgan fingerprint density at radius 2 is 2.11 bits per heavy atom. The predicted octanol–water partition coefficient (Wildman–Crippen LogP) is 2.50. The maximum Gasteiger partial charge on any atom is 0.243 e. The average Bonchev–Trinajstić information content (AvgIpc) is 2.30. The van der Waals surface area contributed by atoms with Gasteiger partial charge < -0.3 is 10.6 Å². The number of hydrogen-bond donors (Lipinski definition) is 2. The lowest BCUT2D eigenvalue weighted by atomic mass is 9.85. The molecule has 0 saturated heterocycles. The minimum Gasteiger partial charge on any atom is -0.347 e. The molecule has 1 fully saturated rings. The Morgan fingerprint density at radius 3 is 2.74 bits per heavy atom. The van der Waals surface area contributed by atoms with Crippen molar-refractivity contribution in [2.45, 2.75) is 26.2 Å². The number of halogens is 1. The first kappa shape index (κ1) is 13.9. The highest BCUT2D eigenvalue weighted by Crippen LogP contribution is 2.26. The third-order valence-corrected chi connectivity index (χ3v) is 3.85. The molecular weight excluding hydrogens is 264 g/mol. The van der Waals surface area contributed by atoms with E-state index in [1.54, 1.807) is 18.2 Å². The van der Waals surface area contributed by atoms with Gasteiger partial charge in [-0.2, -0.15) is 0 Å². The van der Waals surface area contributed by atoms with Crippen LogP contribution in [0.4, 0.5) is 5.69 Å². The second kappa shape index (κ2) is 6.06. The van der Waals surface area contributed by atoms with Gasteiger partial charge in [0.1, 0.15) is 0 Å². The molecule has 1 aromatic carbocycles. The molecule has 1 aliphatic rings. The molecule has 2 amide bonds. The molecule has 5 heteroatoms. The summed E-state index contributed by atoms with van der Waals surface area (Å²) in [6, 6.07) is 5.33. The molecule has 0 unspecified atom stereocenters. The van der Waals surface area contributed by atoms with Gasteiger partial charge in [-0.15, -0.1) is 0 Å². The highest BCUT2D eigenvalue weighted by Gasteiger charge is 2.25. The monoisotopic (exact) mass is 280 g/mol. The fourth-order valence-electron chi connectivity index (χ4n) is 1.92. The van der Waals surface area contributed by atoms with Crippen LogP contribution in [0.15, 0.2) is 18.2 Å². The number of amides is 2. The molecule has 0 heterocycles. The standard InChI is InChI=1S/C14H17ClN2O2/c1-9-11(15)6-3-7-12(9)17-13(18)8-16-14(19)10-4-2-5-10/h3,6-7,10H,2,4-5,8H2,1H3,(H,16,19)(H,17,18). The maximum atomic E-state index is 11.7. The Morgan fingerprint density at radius 1 is 1.37 bits per heavy atom. The summed E-state index contributed by atoms with van der Waals surface area (Å²) in [6.45, 7) is 1.84. The zero-order valence-electron chi connectivity index (χ0n) is 10.8. The van der Waals surface area contributed by atoms with Crippen molar-refractivity contribution < 1.29 is 9.59 Å². The largest absolute Gasteiger partial charge is 0.347 e. The molecule has 0 radical (unpaired) electrons. The molecule has 1 aromatic rings. The van der Waals surface area contributed by atoms with E-state index in [0.717, 1.165) is 24.8 Å². The van der Waals surface area contributed by atoms with E-state index in [1.807, 2.05) is 6.92 Å². The minimum absolute atomic E-state index is 0.00128. The molecule has 0 atom stereocenters. The van der Waals surface area contributed by atoms with E-state index in [4.69, 9.17) is 11.6 Å². The van der Waals surface area contributed by atoms with Gasteiger partial charge in [-0.25, -0.2) is 0 Å². The second-order valence-electron chi connectivity index (χ2n) is 4.81. The predicted molar refractivity (Wildman–Crippen MR) is 75.2 cm³/mol. The van der Waals surface area contributed by atoms with Gasteiger partial charge in [0.15, 0.2) is 0 Å². The molecule has 19 heavy (non-hydrogen) atoms. The molecule has 0 aliphatic heterocycles. The summed E-state index contributed by atoms with van der Waals surface area (Å²) in [6.07, 6.45) is 2.97. The van der Waals surface area contributed by atoms with Gasteiger partial charge in [-0.1, -0.05) is 24.1 Å². The molecule has 2 N–H and O–H groups in total. The molecule has 4 nitrogen and oxygen atoms in total. The summed E-state index contributed by atoms with van der Waals surface area (Å²) in [7, 11) is 0. The minimum atomic E-state index is -0.238. The van der Waals surface area contributed by atoms with Gasteiger partial charge in [0.2, 0.25) is 11.8 Å². The molecule has 0 bridgehead atoms. The Kier molecular flexibility index (Phi) is 4.43. The van der Waals surface area contributed by atoms with Crippen molar-refractivity contribution >= 4 is 29.1 Å². The van der Waals surface area contributed by atoms with Crippen LogP contribution in [-0.4, -0.2) is 18.4 Å². The summed E-state index contributed by atoms with van der Waals surface area (Å²) < 4.78 is 0. The molecule has 1 saturated carbocycles. The van der Waals surface area contributed by atoms with E-state index in [9.17, 15) is 9.59 Å². The van der Waals surface area contributed by atoms with E-state index in [1.165, 1.54) is 0 Å². The average molecular weight is 281 g/mol. The molecule has 2 rings (SSSR count). The van der Waals surface area contributed by atoms with Gasteiger partial charge in [0, 0.05) is 16.6 Å². The number of benzene rings is 1. The smallest absolute Gasteiger partial charge is 0.243 e. The van der Waals surface area contributed by atoms with Crippen LogP contribution in [0.5, 0.6) is 0 Å². The number of anilines is 1. The summed E-state index contributed by atoms with van der Waals surface area (Å²) >= 11 is 5.97. The summed E-state index contributed by atoms with van der Waals surface area (Å²) in [5, 5.41) is 6.01. The molecule has 0 aromatic heterocycles. The highest BCUT2D eigenvalue weighted by atomic mass is 35.5. The lowest BCUT2D eigenvalue weighted by Gasteiger charge is -2.23. The van der Waals surface area contributed by atoms with Crippen molar-refractivity contribution in [2.75, 3.05) is 11.9 Å². The van der Waals surface area contributed by atoms with Crippen molar-refractivity contribution in [3.63, 3.8) is 0 Å². The lowest BCUT2D eigenvalue weighted by Crippen LogP contribution is -2.39. The summed E-state index contributed by atoms with van der Waals surface area (Å²) in [5.41, 5.74) is 1.50. The number of rotatable bonds is 4. The highest BCUT2D eigenvalue weighted by molar-refractivity contribution is 6.31. The van der Waals surface area contributed by atoms with Crippen LogP contribution < -0.4 is 10.6 Å². The van der Waals surface area contributed by atoms with Crippen LogP contribution in [0.25, 0.3) is 0 Å². The lowest BCUT2D eigenvalue weighted by molar-refractivity contribution is -0.129. The first-order chi connectivity index (χ1) is 9.08. The van der Waals surface area contributed by atoms with Crippen LogP contribution >= 0.6 is 11.6 Å². The topological polar surface area (TPSA) is 58.2 Å². The van der Waals surface area contributed by atoms with E-state index in [-0.39, 0.29) is 24.3 Å². The van der Waals surface area contributed by atoms with Crippen LogP contribution in [-0.2, 0) is 9.59 Å². The normalized spacial score (nSPS) is 14.6. The number of carbonyl (C=O) groups excluding carboxylic acids is 2. The van der Waals surface area contributed by atoms with Crippen LogP contribution in [0.3, 0.4) is 0 Å². The van der Waals surface area contributed by atoms with E-state index >= 15 is 0 Å². The molecule has 102 valence electrons. The van der Waals surface area contributed by atoms with Crippen molar-refractivity contribution in [1.29, 1.82) is 0 Å². The Hall–Kier alpha value is -1.55. The van der Waals surface area contributed by atoms with Crippen LogP contribution in [0.1, 0.15) is 24.8 Å². The fourth-order valence-corrected chi connectivity index (χ4v) is 2.09. The SMILES string of the molecule is Cc1c(Cl)cccc1NC(=O)CNC(=O)C1CCC1. The zero-order chi connectivity index (χ0) is 13.8. The number of carbonyl (C=O) groups is 2. The summed E-state index contributed by atoms with van der Waals surface area (Å²) in [5.74, 6) is -0.164. The van der Waals surface area contributed by atoms with Gasteiger partial charge in [-0.05, 0) is 37.5 Å². The van der Waals surface area contributed by atoms with Crippen molar-refractivity contribution in [3.8, 4) is 0 Å². The Bertz CT molecular complexity index is 498. The first-order valence-electron chi connectivity index (χ1n) is 6.40. The number of nitrogens with one attached hydrogen (secondary N) is 2. The maximum absolute atomic E-state index is 11.7. The molecule has 1 aliphatic carbocycles. The third kappa shape index (κ3) is 3.47. The quantitative estimate of drug-likeness (QED) is 0.890. The molecule has 0 spiro atoms. The van der Waals surface area contributed by atoms with E-state index in [0.29, 0.717) is 10.7 Å². The van der Waals surface area contributed by atoms with E-state index < -0.39 is 0 Å². The first-order valence-corrected chi connectivity index (χ1v) is 6.78. The van der Waals surface area contributed by atoms with Gasteiger partial charge in [0.05, 0.1) is 6.54 Å². The van der Waals surface area contributed by atoms with Gasteiger partial charge in [-0.3, -0.25) is 9.59 Å².